The number of carbonyl (C=O) groups is 1. The van der Waals surface area contributed by atoms with Gasteiger partial charge in [-0.15, -0.1) is 0 Å². The molecular formula is C16H24N2O3. The quantitative estimate of drug-likeness (QED) is 0.890. The summed E-state index contributed by atoms with van der Waals surface area (Å²) in [5.41, 5.74) is 8.11. The van der Waals surface area contributed by atoms with Crippen LogP contribution in [0.25, 0.3) is 0 Å². The average Bonchev–Trinajstić information content (AvgIpc) is 2.51. The molecule has 5 heteroatoms. The minimum absolute atomic E-state index is 0.0256. The summed E-state index contributed by atoms with van der Waals surface area (Å²) >= 11 is 0. The summed E-state index contributed by atoms with van der Waals surface area (Å²) in [5, 5.41) is 3.02. The van der Waals surface area contributed by atoms with E-state index in [1.54, 1.807) is 7.11 Å². The second kappa shape index (κ2) is 6.45. The molecule has 5 nitrogen and oxygen atoms in total. The molecule has 0 atom stereocenters. The minimum Gasteiger partial charge on any atom is -0.496 e. The average molecular weight is 292 g/mol. The normalized spacial score (nSPS) is 17.3. The van der Waals surface area contributed by atoms with Gasteiger partial charge in [-0.05, 0) is 38.3 Å². The van der Waals surface area contributed by atoms with Crippen molar-refractivity contribution in [2.24, 2.45) is 11.1 Å². The van der Waals surface area contributed by atoms with Crippen molar-refractivity contribution in [3.63, 3.8) is 0 Å². The van der Waals surface area contributed by atoms with Gasteiger partial charge in [0.15, 0.2) is 0 Å². The van der Waals surface area contributed by atoms with Crippen LogP contribution in [-0.4, -0.2) is 32.8 Å². The van der Waals surface area contributed by atoms with Crippen LogP contribution in [0.4, 0.5) is 5.69 Å². The van der Waals surface area contributed by atoms with Crippen LogP contribution in [0.3, 0.4) is 0 Å². The van der Waals surface area contributed by atoms with Gasteiger partial charge in [-0.3, -0.25) is 4.79 Å². The zero-order valence-electron chi connectivity index (χ0n) is 13.0. The Hall–Kier alpha value is -1.59. The molecule has 1 heterocycles. The fourth-order valence-electron chi connectivity index (χ4n) is 2.82. The van der Waals surface area contributed by atoms with E-state index in [1.807, 2.05) is 26.0 Å². The maximum Gasteiger partial charge on any atom is 0.232 e. The molecule has 2 rings (SSSR count). The molecule has 0 aromatic heterocycles. The van der Waals surface area contributed by atoms with Crippen LogP contribution in [0.1, 0.15) is 24.0 Å². The summed E-state index contributed by atoms with van der Waals surface area (Å²) in [6.45, 7) is 5.43. The predicted octanol–water partition coefficient (Wildman–Crippen LogP) is 2.01. The molecular weight excluding hydrogens is 268 g/mol. The maximum atomic E-state index is 12.7. The van der Waals surface area contributed by atoms with Crippen molar-refractivity contribution in [3.8, 4) is 5.75 Å². The zero-order chi connectivity index (χ0) is 15.5. The first-order chi connectivity index (χ1) is 10.0. The zero-order valence-corrected chi connectivity index (χ0v) is 13.0. The van der Waals surface area contributed by atoms with Crippen LogP contribution in [0, 0.1) is 19.3 Å². The number of nitrogens with one attached hydrogen (secondary N) is 1. The van der Waals surface area contributed by atoms with Gasteiger partial charge < -0.3 is 20.5 Å². The van der Waals surface area contributed by atoms with Gasteiger partial charge in [-0.1, -0.05) is 6.07 Å². The summed E-state index contributed by atoms with van der Waals surface area (Å²) in [7, 11) is 1.64. The van der Waals surface area contributed by atoms with E-state index in [-0.39, 0.29) is 5.91 Å². The number of methoxy groups -OCH3 is 1. The smallest absolute Gasteiger partial charge is 0.232 e. The van der Waals surface area contributed by atoms with E-state index in [0.29, 0.717) is 32.6 Å². The lowest BCUT2D eigenvalue weighted by Crippen LogP contribution is -2.46. The molecule has 21 heavy (non-hydrogen) atoms. The Morgan fingerprint density at radius 1 is 1.38 bits per heavy atom. The summed E-state index contributed by atoms with van der Waals surface area (Å²) < 4.78 is 10.7. The Morgan fingerprint density at radius 2 is 2.05 bits per heavy atom. The molecule has 1 aliphatic rings. The second-order valence-electron chi connectivity index (χ2n) is 5.64. The molecule has 116 valence electrons. The molecule has 3 N–H and O–H groups in total. The van der Waals surface area contributed by atoms with Gasteiger partial charge in [0.25, 0.3) is 0 Å². The Bertz CT molecular complexity index is 522. The Kier molecular flexibility index (Phi) is 4.85. The number of rotatable bonds is 4. The van der Waals surface area contributed by atoms with Crippen molar-refractivity contribution >= 4 is 11.6 Å². The van der Waals surface area contributed by atoms with Crippen molar-refractivity contribution in [3.05, 3.63) is 23.3 Å². The van der Waals surface area contributed by atoms with Crippen LogP contribution < -0.4 is 15.8 Å². The third-order valence-electron chi connectivity index (χ3n) is 4.38. The molecule has 0 bridgehead atoms. The van der Waals surface area contributed by atoms with Gasteiger partial charge in [0, 0.05) is 31.0 Å². The lowest BCUT2D eigenvalue weighted by atomic mass is 9.79. The monoisotopic (exact) mass is 292 g/mol. The van der Waals surface area contributed by atoms with Crippen LogP contribution in [-0.2, 0) is 9.53 Å². The highest BCUT2D eigenvalue weighted by Gasteiger charge is 2.39. The molecule has 1 aromatic carbocycles. The molecule has 1 fully saturated rings. The van der Waals surface area contributed by atoms with Gasteiger partial charge in [-0.2, -0.15) is 0 Å². The first-order valence-corrected chi connectivity index (χ1v) is 7.27. The van der Waals surface area contributed by atoms with E-state index in [2.05, 4.69) is 5.32 Å². The number of amides is 1. The number of benzene rings is 1. The van der Waals surface area contributed by atoms with Crippen molar-refractivity contribution in [1.82, 2.24) is 0 Å². The van der Waals surface area contributed by atoms with Crippen molar-refractivity contribution in [2.45, 2.75) is 26.7 Å². The van der Waals surface area contributed by atoms with Crippen LogP contribution in [0.5, 0.6) is 5.75 Å². The van der Waals surface area contributed by atoms with Gasteiger partial charge in [-0.25, -0.2) is 0 Å². The molecule has 1 aromatic rings. The van der Waals surface area contributed by atoms with Crippen molar-refractivity contribution in [1.29, 1.82) is 0 Å². The first-order valence-electron chi connectivity index (χ1n) is 7.27. The molecule has 1 saturated heterocycles. The highest BCUT2D eigenvalue weighted by molar-refractivity contribution is 5.96. The molecule has 0 spiro atoms. The molecule has 0 radical (unpaired) electrons. The summed E-state index contributed by atoms with van der Waals surface area (Å²) in [5.74, 6) is 0.781. The Balaban J connectivity index is 2.23. The number of carbonyl (C=O) groups excluding carboxylic acids is 1. The fraction of sp³-hybridized carbons (Fsp3) is 0.562. The Morgan fingerprint density at radius 3 is 2.62 bits per heavy atom. The van der Waals surface area contributed by atoms with Gasteiger partial charge >= 0.3 is 0 Å². The predicted molar refractivity (Wildman–Crippen MR) is 82.6 cm³/mol. The van der Waals surface area contributed by atoms with Crippen molar-refractivity contribution < 1.29 is 14.3 Å². The molecule has 0 saturated carbocycles. The lowest BCUT2D eigenvalue weighted by Gasteiger charge is -2.34. The number of aryl methyl sites for hydroxylation is 1. The van der Waals surface area contributed by atoms with Gasteiger partial charge in [0.1, 0.15) is 5.75 Å². The topological polar surface area (TPSA) is 73.6 Å². The van der Waals surface area contributed by atoms with Gasteiger partial charge in [0.05, 0.1) is 12.5 Å². The number of ether oxygens (including phenoxy) is 2. The number of hydrogen-bond donors (Lipinski definition) is 2. The van der Waals surface area contributed by atoms with Crippen LogP contribution in [0.2, 0.25) is 0 Å². The van der Waals surface area contributed by atoms with Crippen LogP contribution in [0.15, 0.2) is 12.1 Å². The van der Waals surface area contributed by atoms with E-state index >= 15 is 0 Å². The minimum atomic E-state index is -0.525. The standard InChI is InChI=1S/C16H24N2O3/c1-11-4-5-13(12(2)14(11)20-3)18-15(19)16(10-17)6-8-21-9-7-16/h4-5H,6-10,17H2,1-3H3,(H,18,19). The third-order valence-corrected chi connectivity index (χ3v) is 4.38. The number of nitrogens with two attached hydrogens (primary N) is 1. The summed E-state index contributed by atoms with van der Waals surface area (Å²) in [6.07, 6.45) is 1.33. The maximum absolute atomic E-state index is 12.7. The molecule has 0 aliphatic carbocycles. The summed E-state index contributed by atoms with van der Waals surface area (Å²) in [4.78, 5) is 12.7. The van der Waals surface area contributed by atoms with E-state index in [1.165, 1.54) is 0 Å². The Labute approximate surface area is 125 Å². The van der Waals surface area contributed by atoms with E-state index in [0.717, 1.165) is 22.6 Å². The second-order valence-corrected chi connectivity index (χ2v) is 5.64. The van der Waals surface area contributed by atoms with E-state index < -0.39 is 5.41 Å². The molecule has 0 unspecified atom stereocenters. The first kappa shape index (κ1) is 15.8. The van der Waals surface area contributed by atoms with Gasteiger partial charge in [0.2, 0.25) is 5.91 Å². The number of hydrogen-bond acceptors (Lipinski definition) is 4. The number of anilines is 1. The van der Waals surface area contributed by atoms with E-state index in [9.17, 15) is 4.79 Å². The lowest BCUT2D eigenvalue weighted by molar-refractivity contribution is -0.130. The highest BCUT2D eigenvalue weighted by atomic mass is 16.5. The SMILES string of the molecule is COc1c(C)ccc(NC(=O)C2(CN)CCOCC2)c1C. The highest BCUT2D eigenvalue weighted by Crippen LogP contribution is 2.33. The molecule has 1 aliphatic heterocycles. The van der Waals surface area contributed by atoms with E-state index in [4.69, 9.17) is 15.2 Å². The third kappa shape index (κ3) is 3.04. The molecule has 1 amide bonds. The largest absolute Gasteiger partial charge is 0.496 e. The summed E-state index contributed by atoms with van der Waals surface area (Å²) in [6, 6.07) is 3.86. The fourth-order valence-corrected chi connectivity index (χ4v) is 2.82. The van der Waals surface area contributed by atoms with Crippen molar-refractivity contribution in [2.75, 3.05) is 32.2 Å². The van der Waals surface area contributed by atoms with Crippen LogP contribution >= 0.6 is 0 Å².